The highest BCUT2D eigenvalue weighted by atomic mass is 16.4. The third-order valence-electron chi connectivity index (χ3n) is 11.2. The zero-order valence-corrected chi connectivity index (χ0v) is 39.9. The third-order valence-corrected chi connectivity index (χ3v) is 11.2. The molecule has 2 heterocycles. The molecule has 2 rings (SSSR count). The van der Waals surface area contributed by atoms with E-state index >= 15 is 0 Å². The minimum absolute atomic E-state index is 0.00284. The van der Waals surface area contributed by atoms with Gasteiger partial charge >= 0.3 is 5.97 Å². The number of aliphatic imine (C=N–C) groups is 3. The van der Waals surface area contributed by atoms with E-state index in [4.69, 9.17) is 40.1 Å². The SMILES string of the molecule is CC(C)C[C@H](NC(=O)[C@H](CCCN=C(N)N)NC(=O)[C@@H]1CCCN1C(=O)CNC(=O)[C@H](CCCN=C(N)N)NC(=O)[C@H](CCCN=C(N)N)NC(=O)[C@@H]1CCCN1C(=O)[C@@H](N)CC(C)C)C(=O)O. The molecule has 0 aliphatic carbocycles. The minimum Gasteiger partial charge on any atom is -0.480 e. The quantitative estimate of drug-likeness (QED) is 0.0192. The van der Waals surface area contributed by atoms with Gasteiger partial charge in [0.2, 0.25) is 41.4 Å². The molecule has 384 valence electrons. The molecule has 0 bridgehead atoms. The van der Waals surface area contributed by atoms with Crippen LogP contribution in [-0.4, -0.2) is 162 Å². The highest BCUT2D eigenvalue weighted by Crippen LogP contribution is 2.21. The highest BCUT2D eigenvalue weighted by molar-refractivity contribution is 5.97. The number of aliphatic carboxylic acids is 1. The van der Waals surface area contributed by atoms with Gasteiger partial charge in [0.15, 0.2) is 17.9 Å². The van der Waals surface area contributed by atoms with Gasteiger partial charge in [-0.3, -0.25) is 48.5 Å². The molecule has 68 heavy (non-hydrogen) atoms. The molecule has 0 aromatic heterocycles. The number of nitrogens with zero attached hydrogens (tertiary/aromatic N) is 5. The van der Waals surface area contributed by atoms with Gasteiger partial charge < -0.3 is 81.6 Å². The van der Waals surface area contributed by atoms with Crippen LogP contribution in [0.2, 0.25) is 0 Å². The van der Waals surface area contributed by atoms with Gasteiger partial charge in [-0.15, -0.1) is 0 Å². The number of nitrogens with two attached hydrogens (primary N) is 7. The molecule has 0 aromatic carbocycles. The zero-order chi connectivity index (χ0) is 51.1. The molecule has 0 aromatic rings. The molecule has 2 fully saturated rings. The van der Waals surface area contributed by atoms with Crippen molar-refractivity contribution in [2.24, 2.45) is 66.9 Å². The van der Waals surface area contributed by atoms with Crippen LogP contribution in [0.25, 0.3) is 0 Å². The van der Waals surface area contributed by atoms with Crippen LogP contribution in [0.1, 0.15) is 105 Å². The molecule has 2 aliphatic rings. The second kappa shape index (κ2) is 29.3. The van der Waals surface area contributed by atoms with Gasteiger partial charge in [0.25, 0.3) is 0 Å². The number of carbonyl (C=O) groups excluding carboxylic acids is 7. The average Bonchev–Trinajstić information content (AvgIpc) is 3.96. The fourth-order valence-corrected chi connectivity index (χ4v) is 7.94. The maximum absolute atomic E-state index is 14.0. The molecule has 0 spiro atoms. The van der Waals surface area contributed by atoms with E-state index in [0.29, 0.717) is 32.2 Å². The van der Waals surface area contributed by atoms with Crippen molar-refractivity contribution in [1.82, 2.24) is 36.4 Å². The van der Waals surface area contributed by atoms with Crippen LogP contribution in [0.15, 0.2) is 15.0 Å². The van der Waals surface area contributed by atoms with E-state index in [1.165, 1.54) is 9.80 Å². The second-order valence-corrected chi connectivity index (χ2v) is 17.9. The number of carbonyl (C=O) groups is 8. The molecular weight excluding hydrogens is 887 g/mol. The lowest BCUT2D eigenvalue weighted by Gasteiger charge is -2.29. The summed E-state index contributed by atoms with van der Waals surface area (Å²) in [7, 11) is 0. The first-order chi connectivity index (χ1) is 32.0. The van der Waals surface area contributed by atoms with E-state index in [-0.39, 0.29) is 113 Å². The van der Waals surface area contributed by atoms with Crippen LogP contribution in [0.4, 0.5) is 0 Å². The lowest BCUT2D eigenvalue weighted by molar-refractivity contribution is -0.143. The van der Waals surface area contributed by atoms with Gasteiger partial charge in [-0.1, -0.05) is 27.7 Å². The number of guanidine groups is 3. The Morgan fingerprint density at radius 2 is 0.971 bits per heavy atom. The average molecular weight is 964 g/mol. The van der Waals surface area contributed by atoms with Crippen molar-refractivity contribution in [3.63, 3.8) is 0 Å². The summed E-state index contributed by atoms with van der Waals surface area (Å²) in [4.78, 5) is 122. The van der Waals surface area contributed by atoms with Crippen molar-refractivity contribution in [3.8, 4) is 0 Å². The van der Waals surface area contributed by atoms with Crippen LogP contribution < -0.4 is 66.7 Å². The molecule has 7 atom stereocenters. The summed E-state index contributed by atoms with van der Waals surface area (Å²) in [5.74, 6) is -6.17. The van der Waals surface area contributed by atoms with Crippen molar-refractivity contribution >= 4 is 65.2 Å². The number of nitrogens with one attached hydrogen (secondary N) is 5. The van der Waals surface area contributed by atoms with Gasteiger partial charge in [-0.2, -0.15) is 0 Å². The Morgan fingerprint density at radius 1 is 0.574 bits per heavy atom. The van der Waals surface area contributed by atoms with Crippen LogP contribution in [0.5, 0.6) is 0 Å². The van der Waals surface area contributed by atoms with Gasteiger partial charge in [-0.25, -0.2) is 4.79 Å². The van der Waals surface area contributed by atoms with Crippen LogP contribution in [-0.2, 0) is 38.4 Å². The minimum atomic E-state index is -1.26. The van der Waals surface area contributed by atoms with E-state index in [1.807, 2.05) is 13.8 Å². The van der Waals surface area contributed by atoms with E-state index in [2.05, 4.69) is 41.6 Å². The van der Waals surface area contributed by atoms with Gasteiger partial charge in [0.05, 0.1) is 12.6 Å². The summed E-state index contributed by atoms with van der Waals surface area (Å²) in [5.41, 5.74) is 39.0. The normalized spacial score (nSPS) is 17.8. The Morgan fingerprint density at radius 3 is 1.38 bits per heavy atom. The number of hydrogen-bond donors (Lipinski definition) is 13. The topological polar surface area (TPSA) is 443 Å². The van der Waals surface area contributed by atoms with Crippen LogP contribution in [0.3, 0.4) is 0 Å². The Kier molecular flexibility index (Phi) is 24.9. The lowest BCUT2D eigenvalue weighted by atomic mass is 10.0. The zero-order valence-electron chi connectivity index (χ0n) is 39.9. The Labute approximate surface area is 397 Å². The number of carboxylic acids is 1. The van der Waals surface area contributed by atoms with Crippen LogP contribution in [0, 0.1) is 11.8 Å². The molecule has 2 saturated heterocycles. The van der Waals surface area contributed by atoms with Crippen molar-refractivity contribution in [2.45, 2.75) is 147 Å². The predicted molar refractivity (Wildman–Crippen MR) is 254 cm³/mol. The van der Waals surface area contributed by atoms with E-state index in [0.717, 1.165) is 0 Å². The molecule has 26 heteroatoms. The van der Waals surface area contributed by atoms with Crippen molar-refractivity contribution in [3.05, 3.63) is 0 Å². The number of rotatable bonds is 29. The first-order valence-corrected chi connectivity index (χ1v) is 23.3. The first kappa shape index (κ1) is 57.7. The maximum Gasteiger partial charge on any atom is 0.326 e. The van der Waals surface area contributed by atoms with Gasteiger partial charge in [0.1, 0.15) is 36.3 Å². The molecular formula is C42H77N17O9. The third kappa shape index (κ3) is 20.6. The fourth-order valence-electron chi connectivity index (χ4n) is 7.94. The van der Waals surface area contributed by atoms with E-state index in [9.17, 15) is 43.5 Å². The summed E-state index contributed by atoms with van der Waals surface area (Å²) in [6.45, 7) is 7.70. The monoisotopic (exact) mass is 964 g/mol. The van der Waals surface area contributed by atoms with Crippen LogP contribution >= 0.6 is 0 Å². The largest absolute Gasteiger partial charge is 0.480 e. The fraction of sp³-hybridized carbons (Fsp3) is 0.738. The van der Waals surface area contributed by atoms with Gasteiger partial charge in [-0.05, 0) is 88.9 Å². The van der Waals surface area contributed by atoms with E-state index in [1.54, 1.807) is 13.8 Å². The predicted octanol–water partition coefficient (Wildman–Crippen LogP) is -4.31. The molecule has 26 nitrogen and oxygen atoms in total. The summed E-state index contributed by atoms with van der Waals surface area (Å²) in [5, 5.41) is 22.9. The molecule has 0 unspecified atom stereocenters. The van der Waals surface area contributed by atoms with E-state index < -0.39 is 90.3 Å². The number of carboxylic acid groups (broad SMARTS) is 1. The molecule has 2 aliphatic heterocycles. The highest BCUT2D eigenvalue weighted by Gasteiger charge is 2.39. The molecule has 20 N–H and O–H groups in total. The Bertz CT molecular complexity index is 1820. The number of likely N-dealkylation sites (tertiary alicyclic amines) is 2. The lowest BCUT2D eigenvalue weighted by Crippen LogP contribution is -2.58. The number of amides is 7. The summed E-state index contributed by atoms with van der Waals surface area (Å²) in [6.07, 6.45) is 2.90. The molecule has 0 saturated carbocycles. The van der Waals surface area contributed by atoms with Gasteiger partial charge in [0, 0.05) is 32.7 Å². The van der Waals surface area contributed by atoms with Crippen molar-refractivity contribution in [1.29, 1.82) is 0 Å². The standard InChI is InChI=1S/C42H77N17O9/c1-23(2)20-25(43)38(66)59-19-9-14-31(59)37(65)56-27(11-6-16-51-41(46)47)34(62)54-26(10-5-15-50-40(44)45)33(61)53-22-32(60)58-18-8-13-30(58)36(64)55-28(12-7-17-52-42(48)49)35(63)57-29(39(67)68)21-24(3)4/h23-31H,5-22,43H2,1-4H3,(H,53,61)(H,54,62)(H,55,64)(H,56,65)(H,57,63)(H,67,68)(H4,44,45,50)(H4,46,47,51)(H4,48,49,52)/t25-,26-,27-,28-,29-,30-,31-/m0/s1. The van der Waals surface area contributed by atoms with Crippen molar-refractivity contribution < 1.29 is 43.5 Å². The Hall–Kier alpha value is -6.47. The second-order valence-electron chi connectivity index (χ2n) is 17.9. The Balaban J connectivity index is 2.27. The first-order valence-electron chi connectivity index (χ1n) is 23.3. The molecule has 0 radical (unpaired) electrons. The summed E-state index contributed by atoms with van der Waals surface area (Å²) in [6, 6.07) is -7.60. The number of hydrogen-bond acceptors (Lipinski definition) is 12. The maximum atomic E-state index is 14.0. The summed E-state index contributed by atoms with van der Waals surface area (Å²) >= 11 is 0. The van der Waals surface area contributed by atoms with Crippen molar-refractivity contribution in [2.75, 3.05) is 39.3 Å². The summed E-state index contributed by atoms with van der Waals surface area (Å²) < 4.78 is 0. The smallest absolute Gasteiger partial charge is 0.326 e. The molecule has 7 amide bonds.